The smallest absolute Gasteiger partial charge is 0.264 e. The van der Waals surface area contributed by atoms with Crippen LogP contribution in [0.1, 0.15) is 34.6 Å². The van der Waals surface area contributed by atoms with Crippen LogP contribution in [0.4, 0.5) is 0 Å². The van der Waals surface area contributed by atoms with E-state index in [4.69, 9.17) is 4.74 Å². The standard InChI is InChI=1S/C22H24N2O2S/c1-17(2)16-26-20-7-5-18(6-8-20)14-24(15-19-9-11-23-12-10-19)22(25)21-4-3-13-27-21/h3-13,17H,14-16H2,1-2H3. The number of carbonyl (C=O) groups excluding carboxylic acids is 1. The Morgan fingerprint density at radius 3 is 2.30 bits per heavy atom. The highest BCUT2D eigenvalue weighted by atomic mass is 32.1. The lowest BCUT2D eigenvalue weighted by atomic mass is 10.1. The molecule has 0 saturated heterocycles. The second-order valence-electron chi connectivity index (χ2n) is 6.84. The first-order chi connectivity index (χ1) is 13.1. The summed E-state index contributed by atoms with van der Waals surface area (Å²) in [4.78, 5) is 19.6. The van der Waals surface area contributed by atoms with Gasteiger partial charge in [0.2, 0.25) is 0 Å². The van der Waals surface area contributed by atoms with E-state index in [1.54, 1.807) is 12.4 Å². The van der Waals surface area contributed by atoms with Gasteiger partial charge in [-0.2, -0.15) is 0 Å². The quantitative estimate of drug-likeness (QED) is 0.551. The summed E-state index contributed by atoms with van der Waals surface area (Å²) < 4.78 is 5.74. The molecule has 1 amide bonds. The molecule has 140 valence electrons. The summed E-state index contributed by atoms with van der Waals surface area (Å²) >= 11 is 1.47. The van der Waals surface area contributed by atoms with Crippen molar-refractivity contribution in [3.05, 3.63) is 82.3 Å². The summed E-state index contributed by atoms with van der Waals surface area (Å²) in [6.07, 6.45) is 3.51. The van der Waals surface area contributed by atoms with Gasteiger partial charge < -0.3 is 9.64 Å². The van der Waals surface area contributed by atoms with Crippen molar-refractivity contribution >= 4 is 17.2 Å². The topological polar surface area (TPSA) is 42.4 Å². The van der Waals surface area contributed by atoms with Gasteiger partial charge in [0.25, 0.3) is 5.91 Å². The van der Waals surface area contributed by atoms with Gasteiger partial charge in [-0.25, -0.2) is 0 Å². The number of hydrogen-bond donors (Lipinski definition) is 0. The number of ether oxygens (including phenoxy) is 1. The van der Waals surface area contributed by atoms with Crippen LogP contribution in [-0.2, 0) is 13.1 Å². The van der Waals surface area contributed by atoms with E-state index in [0.717, 1.165) is 21.8 Å². The minimum absolute atomic E-state index is 0.0435. The zero-order valence-corrected chi connectivity index (χ0v) is 16.5. The Kier molecular flexibility index (Phi) is 6.60. The van der Waals surface area contributed by atoms with Crippen molar-refractivity contribution in [3.8, 4) is 5.75 Å². The lowest BCUT2D eigenvalue weighted by Crippen LogP contribution is -2.29. The molecule has 0 saturated carbocycles. The fourth-order valence-electron chi connectivity index (χ4n) is 2.64. The molecule has 0 aliphatic heterocycles. The van der Waals surface area contributed by atoms with Gasteiger partial charge in [0, 0.05) is 25.5 Å². The zero-order valence-electron chi connectivity index (χ0n) is 15.7. The zero-order chi connectivity index (χ0) is 19.1. The SMILES string of the molecule is CC(C)COc1ccc(CN(Cc2ccncc2)C(=O)c2cccs2)cc1. The van der Waals surface area contributed by atoms with Crippen LogP contribution in [0.25, 0.3) is 0 Å². The Morgan fingerprint density at radius 1 is 1.04 bits per heavy atom. The fraction of sp³-hybridized carbons (Fsp3) is 0.273. The molecular weight excluding hydrogens is 356 g/mol. The molecule has 0 N–H and O–H groups in total. The maximum Gasteiger partial charge on any atom is 0.264 e. The average Bonchev–Trinajstić information content (AvgIpc) is 3.22. The third-order valence-electron chi connectivity index (χ3n) is 4.02. The van der Waals surface area contributed by atoms with Crippen LogP contribution in [0.3, 0.4) is 0 Å². The highest BCUT2D eigenvalue weighted by molar-refractivity contribution is 7.12. The molecule has 0 radical (unpaired) electrons. The minimum Gasteiger partial charge on any atom is -0.493 e. The third kappa shape index (κ3) is 5.66. The largest absolute Gasteiger partial charge is 0.493 e. The average molecular weight is 381 g/mol. The van der Waals surface area contributed by atoms with Crippen LogP contribution in [0.5, 0.6) is 5.75 Å². The van der Waals surface area contributed by atoms with Crippen molar-refractivity contribution in [2.45, 2.75) is 26.9 Å². The highest BCUT2D eigenvalue weighted by Gasteiger charge is 2.17. The summed E-state index contributed by atoms with van der Waals surface area (Å²) in [5.41, 5.74) is 2.14. The molecule has 1 aromatic carbocycles. The maximum absolute atomic E-state index is 13.0. The molecule has 0 atom stereocenters. The monoisotopic (exact) mass is 380 g/mol. The Labute approximate surface area is 164 Å². The molecular formula is C22H24N2O2S. The van der Waals surface area contributed by atoms with E-state index in [0.29, 0.717) is 25.6 Å². The van der Waals surface area contributed by atoms with Gasteiger partial charge in [-0.3, -0.25) is 9.78 Å². The fourth-order valence-corrected chi connectivity index (χ4v) is 3.33. The van der Waals surface area contributed by atoms with Crippen molar-refractivity contribution in [3.63, 3.8) is 0 Å². The number of hydrogen-bond acceptors (Lipinski definition) is 4. The molecule has 0 fully saturated rings. The Balaban J connectivity index is 1.73. The van der Waals surface area contributed by atoms with Crippen LogP contribution in [0.15, 0.2) is 66.3 Å². The molecule has 5 heteroatoms. The van der Waals surface area contributed by atoms with Gasteiger partial charge in [-0.15, -0.1) is 11.3 Å². The van der Waals surface area contributed by atoms with E-state index in [1.165, 1.54) is 11.3 Å². The first-order valence-corrected chi connectivity index (χ1v) is 9.93. The Morgan fingerprint density at radius 2 is 1.70 bits per heavy atom. The molecule has 0 spiro atoms. The van der Waals surface area contributed by atoms with Crippen molar-refractivity contribution in [1.29, 1.82) is 0 Å². The van der Waals surface area contributed by atoms with Crippen LogP contribution in [-0.4, -0.2) is 22.4 Å². The number of thiophene rings is 1. The molecule has 3 aromatic rings. The van der Waals surface area contributed by atoms with E-state index in [1.807, 2.05) is 58.8 Å². The van der Waals surface area contributed by atoms with Crippen molar-refractivity contribution in [2.75, 3.05) is 6.61 Å². The van der Waals surface area contributed by atoms with Crippen LogP contribution < -0.4 is 4.74 Å². The minimum atomic E-state index is 0.0435. The normalized spacial score (nSPS) is 10.8. The van der Waals surface area contributed by atoms with E-state index in [9.17, 15) is 4.79 Å². The van der Waals surface area contributed by atoms with Gasteiger partial charge in [0.1, 0.15) is 5.75 Å². The van der Waals surface area contributed by atoms with E-state index in [2.05, 4.69) is 18.8 Å². The lowest BCUT2D eigenvalue weighted by molar-refractivity contribution is 0.0735. The third-order valence-corrected chi connectivity index (χ3v) is 4.88. The number of aromatic nitrogens is 1. The number of pyridine rings is 1. The molecule has 0 aliphatic carbocycles. The number of amides is 1. The molecule has 4 nitrogen and oxygen atoms in total. The molecule has 2 heterocycles. The Bertz CT molecular complexity index is 831. The molecule has 3 rings (SSSR count). The van der Waals surface area contributed by atoms with Crippen molar-refractivity contribution < 1.29 is 9.53 Å². The maximum atomic E-state index is 13.0. The molecule has 0 aliphatic rings. The lowest BCUT2D eigenvalue weighted by Gasteiger charge is -2.22. The summed E-state index contributed by atoms with van der Waals surface area (Å²) in [6.45, 7) is 6.04. The predicted octanol–water partition coefficient (Wildman–Crippen LogP) is 5.02. The predicted molar refractivity (Wildman–Crippen MR) is 109 cm³/mol. The number of carbonyl (C=O) groups is 1. The van der Waals surface area contributed by atoms with Crippen molar-refractivity contribution in [1.82, 2.24) is 9.88 Å². The van der Waals surface area contributed by atoms with Crippen LogP contribution in [0.2, 0.25) is 0 Å². The van der Waals surface area contributed by atoms with Gasteiger partial charge in [0.15, 0.2) is 0 Å². The number of rotatable bonds is 8. The first-order valence-electron chi connectivity index (χ1n) is 9.05. The van der Waals surface area contributed by atoms with Gasteiger partial charge in [-0.1, -0.05) is 32.0 Å². The van der Waals surface area contributed by atoms with Crippen molar-refractivity contribution in [2.24, 2.45) is 5.92 Å². The summed E-state index contributed by atoms with van der Waals surface area (Å²) in [7, 11) is 0. The molecule has 0 unspecified atom stereocenters. The van der Waals surface area contributed by atoms with E-state index >= 15 is 0 Å². The van der Waals surface area contributed by atoms with Gasteiger partial charge >= 0.3 is 0 Å². The van der Waals surface area contributed by atoms with Crippen LogP contribution >= 0.6 is 11.3 Å². The van der Waals surface area contributed by atoms with E-state index in [-0.39, 0.29) is 5.91 Å². The molecule has 27 heavy (non-hydrogen) atoms. The van der Waals surface area contributed by atoms with E-state index < -0.39 is 0 Å². The number of nitrogens with zero attached hydrogens (tertiary/aromatic N) is 2. The summed E-state index contributed by atoms with van der Waals surface area (Å²) in [5, 5.41) is 1.93. The van der Waals surface area contributed by atoms with Gasteiger partial charge in [-0.05, 0) is 52.8 Å². The second kappa shape index (κ2) is 9.33. The number of benzene rings is 1. The molecule has 2 aromatic heterocycles. The summed E-state index contributed by atoms with van der Waals surface area (Å²) in [5.74, 6) is 1.39. The van der Waals surface area contributed by atoms with Gasteiger partial charge in [0.05, 0.1) is 11.5 Å². The first kappa shape index (κ1) is 19.1. The van der Waals surface area contributed by atoms with Crippen LogP contribution in [0, 0.1) is 5.92 Å². The summed E-state index contributed by atoms with van der Waals surface area (Å²) in [6, 6.07) is 15.7. The second-order valence-corrected chi connectivity index (χ2v) is 7.79. The molecule has 0 bridgehead atoms. The highest BCUT2D eigenvalue weighted by Crippen LogP contribution is 2.19. The Hall–Kier alpha value is -2.66.